The predicted octanol–water partition coefficient (Wildman–Crippen LogP) is 0.364. The van der Waals surface area contributed by atoms with E-state index >= 15 is 0 Å². The third-order valence-corrected chi connectivity index (χ3v) is 2.96. The monoisotopic (exact) mass is 250 g/mol. The number of carboxylic acids is 1. The summed E-state index contributed by atoms with van der Waals surface area (Å²) in [5.74, 6) is -1.52. The Bertz CT molecular complexity index is 463. The van der Waals surface area contributed by atoms with Crippen LogP contribution in [0.5, 0.6) is 0 Å². The SMILES string of the molecule is Cc1ccc(C(=O)NC2(C(=O)O)CCOC2)cn1. The fourth-order valence-electron chi connectivity index (χ4n) is 1.78. The molecule has 6 nitrogen and oxygen atoms in total. The molecule has 1 unspecified atom stereocenters. The quantitative estimate of drug-likeness (QED) is 0.808. The van der Waals surface area contributed by atoms with Crippen molar-refractivity contribution in [1.29, 1.82) is 0 Å². The average Bonchev–Trinajstić information content (AvgIpc) is 2.79. The van der Waals surface area contributed by atoms with Gasteiger partial charge in [0.15, 0.2) is 5.54 Å². The molecule has 0 spiro atoms. The summed E-state index contributed by atoms with van der Waals surface area (Å²) in [6.07, 6.45) is 1.70. The molecule has 1 saturated heterocycles. The molecule has 1 amide bonds. The average molecular weight is 250 g/mol. The second-order valence-corrected chi connectivity index (χ2v) is 4.33. The molecule has 2 rings (SSSR count). The van der Waals surface area contributed by atoms with Crippen molar-refractivity contribution >= 4 is 11.9 Å². The summed E-state index contributed by atoms with van der Waals surface area (Å²) in [4.78, 5) is 27.2. The molecule has 0 saturated carbocycles. The van der Waals surface area contributed by atoms with Gasteiger partial charge in [0.05, 0.1) is 12.2 Å². The van der Waals surface area contributed by atoms with Crippen molar-refractivity contribution in [3.63, 3.8) is 0 Å². The van der Waals surface area contributed by atoms with Crippen molar-refractivity contribution < 1.29 is 19.4 Å². The zero-order valence-corrected chi connectivity index (χ0v) is 9.97. The van der Waals surface area contributed by atoms with Crippen LogP contribution in [0.25, 0.3) is 0 Å². The Morgan fingerprint density at radius 1 is 1.50 bits per heavy atom. The molecule has 0 aliphatic carbocycles. The van der Waals surface area contributed by atoms with Crippen LogP contribution in [-0.2, 0) is 9.53 Å². The molecule has 1 atom stereocenters. The van der Waals surface area contributed by atoms with Crippen molar-refractivity contribution in [2.75, 3.05) is 13.2 Å². The highest BCUT2D eigenvalue weighted by Crippen LogP contribution is 2.19. The Kier molecular flexibility index (Phi) is 3.29. The van der Waals surface area contributed by atoms with Gasteiger partial charge in [0.1, 0.15) is 0 Å². The molecule has 1 aliphatic heterocycles. The van der Waals surface area contributed by atoms with Gasteiger partial charge in [-0.3, -0.25) is 9.78 Å². The fourth-order valence-corrected chi connectivity index (χ4v) is 1.78. The third kappa shape index (κ3) is 2.33. The summed E-state index contributed by atoms with van der Waals surface area (Å²) < 4.78 is 5.07. The summed E-state index contributed by atoms with van der Waals surface area (Å²) >= 11 is 0. The molecule has 6 heteroatoms. The normalized spacial score (nSPS) is 22.7. The van der Waals surface area contributed by atoms with Gasteiger partial charge in [-0.2, -0.15) is 0 Å². The van der Waals surface area contributed by atoms with Gasteiger partial charge in [0.25, 0.3) is 5.91 Å². The number of amides is 1. The smallest absolute Gasteiger partial charge is 0.331 e. The summed E-state index contributed by atoms with van der Waals surface area (Å²) in [6.45, 7) is 2.14. The number of ether oxygens (including phenoxy) is 1. The van der Waals surface area contributed by atoms with Crippen LogP contribution in [0.4, 0.5) is 0 Å². The van der Waals surface area contributed by atoms with Crippen LogP contribution in [0, 0.1) is 6.92 Å². The Balaban J connectivity index is 2.15. The number of aryl methyl sites for hydroxylation is 1. The molecule has 96 valence electrons. The first kappa shape index (κ1) is 12.5. The second-order valence-electron chi connectivity index (χ2n) is 4.33. The van der Waals surface area contributed by atoms with Gasteiger partial charge in [0.2, 0.25) is 0 Å². The number of aliphatic carboxylic acids is 1. The number of rotatable bonds is 3. The second kappa shape index (κ2) is 4.73. The van der Waals surface area contributed by atoms with Gasteiger partial charge in [-0.05, 0) is 19.1 Å². The fraction of sp³-hybridized carbons (Fsp3) is 0.417. The van der Waals surface area contributed by atoms with E-state index in [-0.39, 0.29) is 13.0 Å². The zero-order chi connectivity index (χ0) is 13.2. The molecular formula is C12H14N2O4. The molecular weight excluding hydrogens is 236 g/mol. The molecule has 1 aliphatic rings. The van der Waals surface area contributed by atoms with Crippen LogP contribution in [0.2, 0.25) is 0 Å². The predicted molar refractivity (Wildman–Crippen MR) is 62.2 cm³/mol. The highest BCUT2D eigenvalue weighted by molar-refractivity contribution is 5.97. The summed E-state index contributed by atoms with van der Waals surface area (Å²) in [6, 6.07) is 3.32. The van der Waals surface area contributed by atoms with E-state index in [1.54, 1.807) is 12.1 Å². The highest BCUT2D eigenvalue weighted by atomic mass is 16.5. The number of nitrogens with one attached hydrogen (secondary N) is 1. The van der Waals surface area contributed by atoms with E-state index in [9.17, 15) is 14.7 Å². The first-order valence-corrected chi connectivity index (χ1v) is 5.60. The Hall–Kier alpha value is -1.95. The number of pyridine rings is 1. The molecule has 1 aromatic rings. The zero-order valence-electron chi connectivity index (χ0n) is 9.97. The van der Waals surface area contributed by atoms with E-state index < -0.39 is 17.4 Å². The van der Waals surface area contributed by atoms with E-state index in [1.807, 2.05) is 6.92 Å². The molecule has 1 fully saturated rings. The Labute approximate surface area is 104 Å². The maximum absolute atomic E-state index is 12.0. The topological polar surface area (TPSA) is 88.5 Å². The van der Waals surface area contributed by atoms with E-state index in [2.05, 4.69) is 10.3 Å². The van der Waals surface area contributed by atoms with Gasteiger partial charge < -0.3 is 15.2 Å². The van der Waals surface area contributed by atoms with Gasteiger partial charge >= 0.3 is 5.97 Å². The van der Waals surface area contributed by atoms with Crippen molar-refractivity contribution in [3.8, 4) is 0 Å². The van der Waals surface area contributed by atoms with Crippen molar-refractivity contribution in [2.45, 2.75) is 18.9 Å². The minimum atomic E-state index is -1.32. The highest BCUT2D eigenvalue weighted by Gasteiger charge is 2.44. The Morgan fingerprint density at radius 3 is 2.78 bits per heavy atom. The van der Waals surface area contributed by atoms with E-state index in [0.29, 0.717) is 12.2 Å². The molecule has 2 heterocycles. The minimum absolute atomic E-state index is 0.00658. The lowest BCUT2D eigenvalue weighted by Crippen LogP contribution is -2.55. The van der Waals surface area contributed by atoms with Crippen molar-refractivity contribution in [2.24, 2.45) is 0 Å². The molecule has 18 heavy (non-hydrogen) atoms. The molecule has 2 N–H and O–H groups in total. The van der Waals surface area contributed by atoms with Crippen LogP contribution in [0.3, 0.4) is 0 Å². The number of carbonyl (C=O) groups is 2. The van der Waals surface area contributed by atoms with Gasteiger partial charge in [-0.25, -0.2) is 4.79 Å². The largest absolute Gasteiger partial charge is 0.479 e. The van der Waals surface area contributed by atoms with Crippen LogP contribution in [0.15, 0.2) is 18.3 Å². The van der Waals surface area contributed by atoms with E-state index in [0.717, 1.165) is 5.69 Å². The third-order valence-electron chi connectivity index (χ3n) is 2.96. The van der Waals surface area contributed by atoms with Crippen LogP contribution in [0.1, 0.15) is 22.5 Å². The van der Waals surface area contributed by atoms with Crippen molar-refractivity contribution in [1.82, 2.24) is 10.3 Å². The number of carbonyl (C=O) groups excluding carboxylic acids is 1. The molecule has 0 radical (unpaired) electrons. The number of aromatic nitrogens is 1. The molecule has 0 bridgehead atoms. The number of hydrogen-bond acceptors (Lipinski definition) is 4. The number of carboxylic acid groups (broad SMARTS) is 1. The van der Waals surface area contributed by atoms with E-state index in [4.69, 9.17) is 4.74 Å². The summed E-state index contributed by atoms with van der Waals surface area (Å²) in [5.41, 5.74) is -0.182. The first-order chi connectivity index (χ1) is 8.53. The van der Waals surface area contributed by atoms with Crippen molar-refractivity contribution in [3.05, 3.63) is 29.6 Å². The first-order valence-electron chi connectivity index (χ1n) is 5.60. The van der Waals surface area contributed by atoms with Crippen LogP contribution < -0.4 is 5.32 Å². The van der Waals surface area contributed by atoms with E-state index in [1.165, 1.54) is 6.20 Å². The Morgan fingerprint density at radius 2 is 2.28 bits per heavy atom. The molecule has 0 aromatic carbocycles. The number of hydrogen-bond donors (Lipinski definition) is 2. The molecule has 1 aromatic heterocycles. The summed E-state index contributed by atoms with van der Waals surface area (Å²) in [7, 11) is 0. The lowest BCUT2D eigenvalue weighted by atomic mass is 9.98. The number of nitrogens with zero attached hydrogens (tertiary/aromatic N) is 1. The van der Waals surface area contributed by atoms with Gasteiger partial charge in [-0.15, -0.1) is 0 Å². The minimum Gasteiger partial charge on any atom is -0.479 e. The summed E-state index contributed by atoms with van der Waals surface area (Å²) in [5, 5.41) is 11.7. The maximum atomic E-state index is 12.0. The lowest BCUT2D eigenvalue weighted by Gasteiger charge is -2.23. The van der Waals surface area contributed by atoms with Crippen LogP contribution in [-0.4, -0.2) is 40.7 Å². The maximum Gasteiger partial charge on any atom is 0.331 e. The standard InChI is InChI=1S/C12H14N2O4/c1-8-2-3-9(6-13-8)10(15)14-12(11(16)17)4-5-18-7-12/h2-3,6H,4-5,7H2,1H3,(H,14,15)(H,16,17). The van der Waals surface area contributed by atoms with Gasteiger partial charge in [0, 0.05) is 24.9 Å². The lowest BCUT2D eigenvalue weighted by molar-refractivity contribution is -0.144. The van der Waals surface area contributed by atoms with Crippen LogP contribution >= 0.6 is 0 Å². The van der Waals surface area contributed by atoms with Gasteiger partial charge in [-0.1, -0.05) is 0 Å².